The van der Waals surface area contributed by atoms with Gasteiger partial charge in [-0.2, -0.15) is 5.26 Å². The van der Waals surface area contributed by atoms with E-state index >= 15 is 0 Å². The van der Waals surface area contributed by atoms with Crippen LogP contribution in [0.3, 0.4) is 0 Å². The number of esters is 1. The highest BCUT2D eigenvalue weighted by atomic mass is 35.5. The van der Waals surface area contributed by atoms with E-state index < -0.39 is 16.0 Å². The summed E-state index contributed by atoms with van der Waals surface area (Å²) in [5, 5.41) is 9.62. The van der Waals surface area contributed by atoms with Crippen LogP contribution in [0.2, 0.25) is 5.02 Å². The summed E-state index contributed by atoms with van der Waals surface area (Å²) in [7, 11) is -3.87. The lowest BCUT2D eigenvalue weighted by Gasteiger charge is -2.24. The summed E-state index contributed by atoms with van der Waals surface area (Å²) in [6.07, 6.45) is 1.63. The number of nitrogens with zero attached hydrogens (tertiary/aromatic N) is 3. The number of ether oxygens (including phenoxy) is 1. The van der Waals surface area contributed by atoms with Crippen LogP contribution in [-0.4, -0.2) is 26.8 Å². The molecule has 0 saturated heterocycles. The van der Waals surface area contributed by atoms with Gasteiger partial charge in [-0.25, -0.2) is 18.2 Å². The number of carbonyl (C=O) groups is 1. The van der Waals surface area contributed by atoms with Gasteiger partial charge >= 0.3 is 5.97 Å². The third-order valence-corrected chi connectivity index (χ3v) is 7.40. The number of hydrogen-bond acceptors (Lipinski definition) is 6. The Labute approximate surface area is 208 Å². The van der Waals surface area contributed by atoms with Crippen LogP contribution in [-0.2, 0) is 19.6 Å². The molecule has 4 rings (SSSR count). The first-order valence-electron chi connectivity index (χ1n) is 10.6. The van der Waals surface area contributed by atoms with Gasteiger partial charge in [0.15, 0.2) is 5.70 Å². The van der Waals surface area contributed by atoms with E-state index in [0.29, 0.717) is 21.8 Å². The molecular formula is C26H20ClN3O4S. The maximum Gasteiger partial charge on any atom is 0.363 e. The fourth-order valence-electron chi connectivity index (χ4n) is 3.51. The SMILES string of the molecule is Cc1cc(N(CCC#N)S(=O)(=O)c2ccccc2)ccc1C=C1N=C(c2ccc(Cl)cc2)OC1=O. The van der Waals surface area contributed by atoms with E-state index in [4.69, 9.17) is 21.6 Å². The fourth-order valence-corrected chi connectivity index (χ4v) is 5.11. The number of sulfonamides is 1. The van der Waals surface area contributed by atoms with E-state index in [-0.39, 0.29) is 29.5 Å². The van der Waals surface area contributed by atoms with Crippen molar-refractivity contribution >= 4 is 45.3 Å². The lowest BCUT2D eigenvalue weighted by atomic mass is 10.1. The number of hydrogen-bond donors (Lipinski definition) is 0. The molecule has 1 heterocycles. The minimum Gasteiger partial charge on any atom is -0.402 e. The van der Waals surface area contributed by atoms with Crippen LogP contribution in [0.1, 0.15) is 23.1 Å². The minimum atomic E-state index is -3.87. The molecule has 1 aliphatic rings. The molecule has 9 heteroatoms. The highest BCUT2D eigenvalue weighted by molar-refractivity contribution is 7.92. The molecule has 0 unspecified atom stereocenters. The van der Waals surface area contributed by atoms with Crippen molar-refractivity contribution in [3.05, 3.63) is 100 Å². The lowest BCUT2D eigenvalue weighted by Crippen LogP contribution is -2.32. The van der Waals surface area contributed by atoms with Crippen molar-refractivity contribution in [2.45, 2.75) is 18.2 Å². The Balaban J connectivity index is 1.66. The second-order valence-electron chi connectivity index (χ2n) is 7.68. The molecule has 35 heavy (non-hydrogen) atoms. The van der Waals surface area contributed by atoms with Gasteiger partial charge in [0.1, 0.15) is 0 Å². The third-order valence-electron chi connectivity index (χ3n) is 5.30. The lowest BCUT2D eigenvalue weighted by molar-refractivity contribution is -0.129. The number of aliphatic imine (C=N–C) groups is 1. The Hall–Kier alpha value is -3.93. The quantitative estimate of drug-likeness (QED) is 0.328. The predicted molar refractivity (Wildman–Crippen MR) is 134 cm³/mol. The summed E-state index contributed by atoms with van der Waals surface area (Å²) in [4.78, 5) is 16.8. The first kappa shape index (κ1) is 24.2. The van der Waals surface area contributed by atoms with Crippen LogP contribution in [0.15, 0.2) is 88.4 Å². The molecule has 0 radical (unpaired) electrons. The van der Waals surface area contributed by atoms with Crippen molar-refractivity contribution < 1.29 is 17.9 Å². The minimum absolute atomic E-state index is 0.00861. The average Bonchev–Trinajstić information content (AvgIpc) is 3.22. The predicted octanol–water partition coefficient (Wildman–Crippen LogP) is 5.10. The van der Waals surface area contributed by atoms with Crippen LogP contribution in [0.5, 0.6) is 0 Å². The second-order valence-corrected chi connectivity index (χ2v) is 9.98. The van der Waals surface area contributed by atoms with Gasteiger partial charge in [-0.1, -0.05) is 35.9 Å². The Bertz CT molecular complexity index is 1480. The maximum atomic E-state index is 13.3. The topological polar surface area (TPSA) is 99.8 Å². The van der Waals surface area contributed by atoms with Crippen LogP contribution >= 0.6 is 11.6 Å². The van der Waals surface area contributed by atoms with Gasteiger partial charge in [-0.05, 0) is 72.7 Å². The van der Waals surface area contributed by atoms with Crippen molar-refractivity contribution in [2.75, 3.05) is 10.8 Å². The number of halogens is 1. The highest BCUT2D eigenvalue weighted by Gasteiger charge is 2.26. The summed E-state index contributed by atoms with van der Waals surface area (Å²) >= 11 is 5.91. The van der Waals surface area contributed by atoms with Gasteiger partial charge in [0.25, 0.3) is 10.0 Å². The zero-order chi connectivity index (χ0) is 25.0. The fraction of sp³-hybridized carbons (Fsp3) is 0.115. The summed E-state index contributed by atoms with van der Waals surface area (Å²) in [5.41, 5.74) is 2.58. The average molecular weight is 506 g/mol. The van der Waals surface area contributed by atoms with Crippen molar-refractivity contribution in [3.63, 3.8) is 0 Å². The van der Waals surface area contributed by atoms with Crippen LogP contribution in [0.4, 0.5) is 5.69 Å². The molecule has 0 atom stereocenters. The third kappa shape index (κ3) is 5.27. The molecule has 0 saturated carbocycles. The van der Waals surface area contributed by atoms with Crippen LogP contribution < -0.4 is 4.31 Å². The van der Waals surface area contributed by atoms with Gasteiger partial charge in [-0.3, -0.25) is 4.31 Å². The van der Waals surface area contributed by atoms with Gasteiger partial charge in [0.2, 0.25) is 5.90 Å². The Morgan fingerprint density at radius 3 is 2.46 bits per heavy atom. The first-order valence-corrected chi connectivity index (χ1v) is 12.5. The zero-order valence-electron chi connectivity index (χ0n) is 18.7. The molecule has 3 aromatic carbocycles. The summed E-state index contributed by atoms with van der Waals surface area (Å²) < 4.78 is 33.0. The Kier molecular flexibility index (Phi) is 7.01. The number of anilines is 1. The molecule has 176 valence electrons. The first-order chi connectivity index (χ1) is 16.8. The number of rotatable bonds is 7. The van der Waals surface area contributed by atoms with Crippen molar-refractivity contribution in [2.24, 2.45) is 4.99 Å². The van der Waals surface area contributed by atoms with Crippen molar-refractivity contribution in [1.82, 2.24) is 0 Å². The number of aryl methyl sites for hydroxylation is 1. The molecular weight excluding hydrogens is 486 g/mol. The summed E-state index contributed by atoms with van der Waals surface area (Å²) in [6.45, 7) is 1.81. The molecule has 0 N–H and O–H groups in total. The Morgan fingerprint density at radius 1 is 1.09 bits per heavy atom. The number of nitriles is 1. The van der Waals surface area contributed by atoms with Crippen LogP contribution in [0.25, 0.3) is 6.08 Å². The summed E-state index contributed by atoms with van der Waals surface area (Å²) in [6, 6.07) is 21.9. The van der Waals surface area contributed by atoms with Gasteiger partial charge in [0.05, 0.1) is 23.1 Å². The number of benzene rings is 3. The van der Waals surface area contributed by atoms with Crippen molar-refractivity contribution in [1.29, 1.82) is 5.26 Å². The largest absolute Gasteiger partial charge is 0.402 e. The molecule has 0 fully saturated rings. The molecule has 7 nitrogen and oxygen atoms in total. The van der Waals surface area contributed by atoms with E-state index in [0.717, 1.165) is 5.56 Å². The molecule has 0 spiro atoms. The van der Waals surface area contributed by atoms with E-state index in [1.54, 1.807) is 73.7 Å². The molecule has 0 aliphatic carbocycles. The van der Waals surface area contributed by atoms with Gasteiger partial charge in [-0.15, -0.1) is 0 Å². The standard InChI is InChI=1S/C26H20ClN3O4S/c1-18-16-22(30(15-5-14-28)35(32,33)23-6-3-2-4-7-23)13-10-20(18)17-24-26(31)34-25(29-24)19-8-11-21(27)12-9-19/h2-4,6-13,16-17H,5,15H2,1H3. The molecule has 3 aromatic rings. The van der Waals surface area contributed by atoms with E-state index in [2.05, 4.69) is 4.99 Å². The molecule has 1 aliphatic heterocycles. The normalized spacial score (nSPS) is 14.4. The monoisotopic (exact) mass is 505 g/mol. The van der Waals surface area contributed by atoms with E-state index in [1.165, 1.54) is 16.4 Å². The van der Waals surface area contributed by atoms with Crippen molar-refractivity contribution in [3.8, 4) is 6.07 Å². The maximum absolute atomic E-state index is 13.3. The smallest absolute Gasteiger partial charge is 0.363 e. The van der Waals surface area contributed by atoms with Gasteiger partial charge < -0.3 is 4.74 Å². The van der Waals surface area contributed by atoms with E-state index in [9.17, 15) is 13.2 Å². The molecule has 0 amide bonds. The van der Waals surface area contributed by atoms with Crippen LogP contribution in [0, 0.1) is 18.3 Å². The highest BCUT2D eigenvalue weighted by Crippen LogP contribution is 2.28. The van der Waals surface area contributed by atoms with E-state index in [1.807, 2.05) is 6.07 Å². The number of cyclic esters (lactones) is 1. The summed E-state index contributed by atoms with van der Waals surface area (Å²) in [5.74, 6) is -0.399. The molecule has 0 bridgehead atoms. The number of carbonyl (C=O) groups excluding carboxylic acids is 1. The Morgan fingerprint density at radius 2 is 1.80 bits per heavy atom. The van der Waals surface area contributed by atoms with Gasteiger partial charge in [0, 0.05) is 17.1 Å². The second kappa shape index (κ2) is 10.1. The molecule has 0 aromatic heterocycles. The zero-order valence-corrected chi connectivity index (χ0v) is 20.3.